The molecule has 0 radical (unpaired) electrons. The van der Waals surface area contributed by atoms with Gasteiger partial charge < -0.3 is 9.64 Å². The summed E-state index contributed by atoms with van der Waals surface area (Å²) in [5, 5.41) is 11.7. The first-order chi connectivity index (χ1) is 12.7. The van der Waals surface area contributed by atoms with E-state index in [4.69, 9.17) is 4.74 Å². The van der Waals surface area contributed by atoms with Crippen molar-refractivity contribution in [3.63, 3.8) is 0 Å². The first-order valence-electron chi connectivity index (χ1n) is 9.33. The first-order valence-corrected chi connectivity index (χ1v) is 9.33. The van der Waals surface area contributed by atoms with Gasteiger partial charge in [-0.25, -0.2) is 4.68 Å². The summed E-state index contributed by atoms with van der Waals surface area (Å²) in [7, 11) is 0. The van der Waals surface area contributed by atoms with Crippen LogP contribution in [0.15, 0.2) is 23.3 Å². The van der Waals surface area contributed by atoms with Crippen LogP contribution in [-0.2, 0) is 11.3 Å². The summed E-state index contributed by atoms with van der Waals surface area (Å²) in [5.41, 5.74) is 3.21. The van der Waals surface area contributed by atoms with Crippen LogP contribution in [0, 0.1) is 6.92 Å². The minimum atomic E-state index is -0.0152. The Bertz CT molecular complexity index is 795. The number of nitrogens with one attached hydrogen (secondary N) is 1. The van der Waals surface area contributed by atoms with Crippen molar-refractivity contribution in [3.8, 4) is 0 Å². The standard InChI is InChI=1S/C18H26N6O2/c1-14-10-19-21-17(14)13-22-4-2-3-15(12-22)24-18(25)9-16(11-20-24)23-5-7-26-8-6-23/h9-11,15H,2-8,12-13H2,1H3,(H,19,21). The van der Waals surface area contributed by atoms with Gasteiger partial charge in [0.2, 0.25) is 0 Å². The van der Waals surface area contributed by atoms with E-state index in [-0.39, 0.29) is 11.6 Å². The smallest absolute Gasteiger partial charge is 0.269 e. The molecule has 4 rings (SSSR count). The molecule has 0 saturated carbocycles. The zero-order valence-corrected chi connectivity index (χ0v) is 15.2. The quantitative estimate of drug-likeness (QED) is 0.877. The lowest BCUT2D eigenvalue weighted by molar-refractivity contribution is 0.122. The van der Waals surface area contributed by atoms with E-state index in [9.17, 15) is 4.79 Å². The second kappa shape index (κ2) is 7.59. The molecule has 8 heteroatoms. The molecule has 1 atom stereocenters. The predicted octanol–water partition coefficient (Wildman–Crippen LogP) is 0.949. The van der Waals surface area contributed by atoms with E-state index >= 15 is 0 Å². The van der Waals surface area contributed by atoms with Crippen LogP contribution >= 0.6 is 0 Å². The van der Waals surface area contributed by atoms with Gasteiger partial charge in [-0.15, -0.1) is 0 Å². The highest BCUT2D eigenvalue weighted by molar-refractivity contribution is 5.43. The first kappa shape index (κ1) is 17.2. The van der Waals surface area contributed by atoms with E-state index in [0.717, 1.165) is 56.9 Å². The highest BCUT2D eigenvalue weighted by Crippen LogP contribution is 2.22. The minimum Gasteiger partial charge on any atom is -0.378 e. The van der Waals surface area contributed by atoms with E-state index in [1.54, 1.807) is 10.7 Å². The number of aromatic nitrogens is 4. The summed E-state index contributed by atoms with van der Waals surface area (Å²) in [6, 6.07) is 1.84. The summed E-state index contributed by atoms with van der Waals surface area (Å²) in [5.74, 6) is 0. The maximum atomic E-state index is 12.7. The molecule has 0 aromatic carbocycles. The van der Waals surface area contributed by atoms with Gasteiger partial charge >= 0.3 is 0 Å². The van der Waals surface area contributed by atoms with Gasteiger partial charge in [0.25, 0.3) is 5.56 Å². The molecule has 0 aliphatic carbocycles. The summed E-state index contributed by atoms with van der Waals surface area (Å²) in [4.78, 5) is 17.2. The van der Waals surface area contributed by atoms with E-state index in [2.05, 4.69) is 32.0 Å². The van der Waals surface area contributed by atoms with Gasteiger partial charge in [-0.1, -0.05) is 0 Å². The molecule has 8 nitrogen and oxygen atoms in total. The van der Waals surface area contributed by atoms with E-state index in [0.29, 0.717) is 13.2 Å². The fourth-order valence-corrected chi connectivity index (χ4v) is 3.81. The molecular formula is C18H26N6O2. The molecule has 1 unspecified atom stereocenters. The maximum Gasteiger partial charge on any atom is 0.269 e. The molecule has 140 valence electrons. The number of rotatable bonds is 4. The average molecular weight is 358 g/mol. The highest BCUT2D eigenvalue weighted by atomic mass is 16.5. The third-order valence-corrected chi connectivity index (χ3v) is 5.33. The van der Waals surface area contributed by atoms with Crippen molar-refractivity contribution in [1.82, 2.24) is 24.9 Å². The average Bonchev–Trinajstić information content (AvgIpc) is 3.07. The number of H-pyrrole nitrogens is 1. The van der Waals surface area contributed by atoms with Crippen molar-refractivity contribution < 1.29 is 4.74 Å². The zero-order chi connectivity index (χ0) is 17.9. The van der Waals surface area contributed by atoms with Gasteiger partial charge in [0.05, 0.1) is 43.0 Å². The van der Waals surface area contributed by atoms with Crippen LogP contribution in [0.4, 0.5) is 5.69 Å². The van der Waals surface area contributed by atoms with Gasteiger partial charge in [0, 0.05) is 32.2 Å². The Balaban J connectivity index is 1.46. The molecule has 1 N–H and O–H groups in total. The second-order valence-electron chi connectivity index (χ2n) is 7.16. The minimum absolute atomic E-state index is 0.0152. The molecule has 2 aromatic heterocycles. The molecule has 2 aliphatic rings. The highest BCUT2D eigenvalue weighted by Gasteiger charge is 2.24. The molecule has 26 heavy (non-hydrogen) atoms. The van der Waals surface area contributed by atoms with E-state index < -0.39 is 0 Å². The number of ether oxygens (including phenoxy) is 1. The predicted molar refractivity (Wildman–Crippen MR) is 98.4 cm³/mol. The van der Waals surface area contributed by atoms with Gasteiger partial charge in [-0.2, -0.15) is 10.2 Å². The third kappa shape index (κ3) is 3.66. The van der Waals surface area contributed by atoms with Crippen LogP contribution in [0.25, 0.3) is 0 Å². The molecule has 2 fully saturated rings. The zero-order valence-electron chi connectivity index (χ0n) is 15.2. The molecule has 2 aliphatic heterocycles. The normalized spacial score (nSPS) is 21.9. The number of nitrogens with zero attached hydrogens (tertiary/aromatic N) is 5. The molecular weight excluding hydrogens is 332 g/mol. The van der Waals surface area contributed by atoms with Gasteiger partial charge in [0.1, 0.15) is 0 Å². The Morgan fingerprint density at radius 2 is 2.12 bits per heavy atom. The van der Waals surface area contributed by atoms with Crippen LogP contribution in [0.1, 0.15) is 30.1 Å². The van der Waals surface area contributed by atoms with Crippen LogP contribution < -0.4 is 10.5 Å². The van der Waals surface area contributed by atoms with Crippen molar-refractivity contribution in [2.24, 2.45) is 0 Å². The summed E-state index contributed by atoms with van der Waals surface area (Å²) in [6.45, 7) is 7.80. The largest absolute Gasteiger partial charge is 0.378 e. The van der Waals surface area contributed by atoms with Crippen molar-refractivity contribution in [2.45, 2.75) is 32.4 Å². The fraction of sp³-hybridized carbons (Fsp3) is 0.611. The van der Waals surface area contributed by atoms with Crippen molar-refractivity contribution in [1.29, 1.82) is 0 Å². The number of aryl methyl sites for hydroxylation is 1. The second-order valence-corrected chi connectivity index (χ2v) is 7.16. The molecule has 4 heterocycles. The number of anilines is 1. The van der Waals surface area contributed by atoms with Crippen molar-refractivity contribution >= 4 is 5.69 Å². The van der Waals surface area contributed by atoms with Crippen molar-refractivity contribution in [3.05, 3.63) is 40.1 Å². The maximum absolute atomic E-state index is 12.7. The summed E-state index contributed by atoms with van der Waals surface area (Å²) < 4.78 is 7.04. The Morgan fingerprint density at radius 1 is 1.27 bits per heavy atom. The molecule has 0 spiro atoms. The number of hydrogen-bond acceptors (Lipinski definition) is 6. The Labute approximate surface area is 152 Å². The van der Waals surface area contributed by atoms with Crippen molar-refractivity contribution in [2.75, 3.05) is 44.3 Å². The van der Waals surface area contributed by atoms with Gasteiger partial charge in [0.15, 0.2) is 0 Å². The van der Waals surface area contributed by atoms with Gasteiger partial charge in [-0.05, 0) is 31.9 Å². The lowest BCUT2D eigenvalue weighted by atomic mass is 10.1. The van der Waals surface area contributed by atoms with Crippen LogP contribution in [0.2, 0.25) is 0 Å². The molecule has 2 saturated heterocycles. The summed E-state index contributed by atoms with van der Waals surface area (Å²) in [6.07, 6.45) is 5.73. The monoisotopic (exact) mass is 358 g/mol. The molecule has 2 aromatic rings. The summed E-state index contributed by atoms with van der Waals surface area (Å²) >= 11 is 0. The van der Waals surface area contributed by atoms with E-state index in [1.807, 2.05) is 12.4 Å². The van der Waals surface area contributed by atoms with Crippen LogP contribution in [0.3, 0.4) is 0 Å². The topological polar surface area (TPSA) is 79.3 Å². The van der Waals surface area contributed by atoms with E-state index in [1.165, 1.54) is 5.56 Å². The SMILES string of the molecule is Cc1cn[nH]c1CN1CCCC(n2ncc(N3CCOCC3)cc2=O)C1. The lowest BCUT2D eigenvalue weighted by Crippen LogP contribution is -2.41. The van der Waals surface area contributed by atoms with Gasteiger partial charge in [-0.3, -0.25) is 14.8 Å². The van der Waals surface area contributed by atoms with Crippen LogP contribution in [0.5, 0.6) is 0 Å². The number of piperidine rings is 1. The number of hydrogen-bond donors (Lipinski definition) is 1. The number of likely N-dealkylation sites (tertiary alicyclic amines) is 1. The Kier molecular flexibility index (Phi) is 5.03. The third-order valence-electron chi connectivity index (χ3n) is 5.33. The number of morpholine rings is 1. The lowest BCUT2D eigenvalue weighted by Gasteiger charge is -2.33. The number of aromatic amines is 1. The fourth-order valence-electron chi connectivity index (χ4n) is 3.81. The van der Waals surface area contributed by atoms with Crippen LogP contribution in [-0.4, -0.2) is 64.3 Å². The molecule has 0 bridgehead atoms. The molecule has 0 amide bonds. The Morgan fingerprint density at radius 3 is 2.85 bits per heavy atom. The Hall–Kier alpha value is -2.19.